The van der Waals surface area contributed by atoms with Crippen LogP contribution in [0.2, 0.25) is 0 Å². The fraction of sp³-hybridized carbons (Fsp3) is 0.588. The van der Waals surface area contributed by atoms with Crippen molar-refractivity contribution in [1.29, 1.82) is 0 Å². The highest BCUT2D eigenvalue weighted by molar-refractivity contribution is 5.74. The lowest BCUT2D eigenvalue weighted by Gasteiger charge is -2.46. The van der Waals surface area contributed by atoms with Gasteiger partial charge in [0, 0.05) is 37.8 Å². The molecule has 1 aromatic rings. The third-order valence-corrected chi connectivity index (χ3v) is 4.54. The first-order valence-corrected chi connectivity index (χ1v) is 7.55. The summed E-state index contributed by atoms with van der Waals surface area (Å²) in [5, 5.41) is 0. The van der Waals surface area contributed by atoms with Crippen molar-refractivity contribution in [3.63, 3.8) is 0 Å². The highest BCUT2D eigenvalue weighted by Gasteiger charge is 2.32. The maximum absolute atomic E-state index is 11.6. The number of carbonyl (C=O) groups excluding carboxylic acids is 1. The van der Waals surface area contributed by atoms with Gasteiger partial charge in [-0.1, -0.05) is 26.0 Å². The van der Waals surface area contributed by atoms with Crippen molar-refractivity contribution in [2.24, 2.45) is 0 Å². The molecule has 3 heteroatoms. The highest BCUT2D eigenvalue weighted by Crippen LogP contribution is 2.27. The summed E-state index contributed by atoms with van der Waals surface area (Å²) < 4.78 is 0. The van der Waals surface area contributed by atoms with Gasteiger partial charge < -0.3 is 9.80 Å². The van der Waals surface area contributed by atoms with Crippen LogP contribution in [-0.2, 0) is 4.79 Å². The van der Waals surface area contributed by atoms with Crippen LogP contribution in [0.25, 0.3) is 0 Å². The van der Waals surface area contributed by atoms with E-state index in [1.165, 1.54) is 11.3 Å². The molecule has 0 aliphatic carbocycles. The van der Waals surface area contributed by atoms with Crippen LogP contribution >= 0.6 is 0 Å². The van der Waals surface area contributed by atoms with Gasteiger partial charge in [0.25, 0.3) is 0 Å². The fourth-order valence-corrected chi connectivity index (χ4v) is 3.01. The Balaban J connectivity index is 2.22. The molecule has 2 atom stereocenters. The largest absolute Gasteiger partial charge is 0.365 e. The third-order valence-electron chi connectivity index (χ3n) is 4.54. The van der Waals surface area contributed by atoms with Crippen LogP contribution in [0.1, 0.15) is 46.1 Å². The normalized spacial score (nSPS) is 23.3. The van der Waals surface area contributed by atoms with Crippen molar-refractivity contribution >= 4 is 11.6 Å². The van der Waals surface area contributed by atoms with Crippen molar-refractivity contribution in [1.82, 2.24) is 4.90 Å². The van der Waals surface area contributed by atoms with Crippen LogP contribution < -0.4 is 4.90 Å². The van der Waals surface area contributed by atoms with Gasteiger partial charge in [0.15, 0.2) is 0 Å². The van der Waals surface area contributed by atoms with Gasteiger partial charge in [-0.25, -0.2) is 0 Å². The molecule has 1 amide bonds. The first kappa shape index (κ1) is 14.9. The number of amides is 1. The minimum atomic E-state index is 0.180. The smallest absolute Gasteiger partial charge is 0.219 e. The van der Waals surface area contributed by atoms with Crippen LogP contribution in [0.5, 0.6) is 0 Å². The zero-order valence-corrected chi connectivity index (χ0v) is 13.3. The SMILES string of the molecule is CC(=O)N1CCN(c2cccc(C(C)C)c2)C(C)C1C. The number of carbonyl (C=O) groups is 1. The van der Waals surface area contributed by atoms with E-state index >= 15 is 0 Å². The zero-order valence-electron chi connectivity index (χ0n) is 13.3. The average molecular weight is 274 g/mol. The first-order valence-electron chi connectivity index (χ1n) is 7.55. The van der Waals surface area contributed by atoms with E-state index in [-0.39, 0.29) is 11.9 Å². The molecule has 3 nitrogen and oxygen atoms in total. The van der Waals surface area contributed by atoms with Crippen molar-refractivity contribution in [2.45, 2.75) is 52.6 Å². The number of nitrogens with zero attached hydrogens (tertiary/aromatic N) is 2. The summed E-state index contributed by atoms with van der Waals surface area (Å²) in [5.41, 5.74) is 2.65. The van der Waals surface area contributed by atoms with Gasteiger partial charge in [0.2, 0.25) is 5.91 Å². The molecule has 0 spiro atoms. The molecule has 1 aromatic carbocycles. The van der Waals surface area contributed by atoms with Gasteiger partial charge >= 0.3 is 0 Å². The Labute approximate surface area is 122 Å². The van der Waals surface area contributed by atoms with E-state index in [0.29, 0.717) is 12.0 Å². The molecule has 0 saturated carbocycles. The predicted molar refractivity (Wildman–Crippen MR) is 84.2 cm³/mol. The minimum absolute atomic E-state index is 0.180. The van der Waals surface area contributed by atoms with E-state index in [1.807, 2.05) is 4.90 Å². The van der Waals surface area contributed by atoms with Gasteiger partial charge in [0.05, 0.1) is 0 Å². The van der Waals surface area contributed by atoms with Crippen molar-refractivity contribution in [2.75, 3.05) is 18.0 Å². The van der Waals surface area contributed by atoms with Gasteiger partial charge in [-0.05, 0) is 37.5 Å². The van der Waals surface area contributed by atoms with Crippen LogP contribution in [0.15, 0.2) is 24.3 Å². The summed E-state index contributed by atoms with van der Waals surface area (Å²) >= 11 is 0. The molecule has 20 heavy (non-hydrogen) atoms. The monoisotopic (exact) mass is 274 g/mol. The Bertz CT molecular complexity index is 484. The predicted octanol–water partition coefficient (Wildman–Crippen LogP) is 3.26. The second-order valence-electron chi connectivity index (χ2n) is 6.14. The number of benzene rings is 1. The average Bonchev–Trinajstić information content (AvgIpc) is 2.41. The van der Waals surface area contributed by atoms with E-state index in [1.54, 1.807) is 6.92 Å². The molecule has 2 rings (SSSR count). The Morgan fingerprint density at radius 3 is 2.50 bits per heavy atom. The Hall–Kier alpha value is -1.51. The Kier molecular flexibility index (Phi) is 4.36. The number of rotatable bonds is 2. The van der Waals surface area contributed by atoms with Crippen LogP contribution in [0.3, 0.4) is 0 Å². The highest BCUT2D eigenvalue weighted by atomic mass is 16.2. The molecule has 1 aliphatic heterocycles. The van der Waals surface area contributed by atoms with Crippen molar-refractivity contribution in [3.05, 3.63) is 29.8 Å². The minimum Gasteiger partial charge on any atom is -0.365 e. The molecule has 0 bridgehead atoms. The number of hydrogen-bond donors (Lipinski definition) is 0. The van der Waals surface area contributed by atoms with E-state index in [4.69, 9.17) is 0 Å². The van der Waals surface area contributed by atoms with Crippen molar-refractivity contribution in [3.8, 4) is 0 Å². The second-order valence-corrected chi connectivity index (χ2v) is 6.14. The van der Waals surface area contributed by atoms with E-state index in [9.17, 15) is 4.79 Å². The summed E-state index contributed by atoms with van der Waals surface area (Å²) in [4.78, 5) is 16.1. The third kappa shape index (κ3) is 2.82. The van der Waals surface area contributed by atoms with Crippen molar-refractivity contribution < 1.29 is 4.79 Å². The molecule has 1 saturated heterocycles. The maximum atomic E-state index is 11.6. The van der Waals surface area contributed by atoms with Gasteiger partial charge in [-0.3, -0.25) is 4.79 Å². The number of hydrogen-bond acceptors (Lipinski definition) is 2. The number of anilines is 1. The van der Waals surface area contributed by atoms with Gasteiger partial charge in [-0.2, -0.15) is 0 Å². The molecular formula is C17H26N2O. The maximum Gasteiger partial charge on any atom is 0.219 e. The zero-order chi connectivity index (χ0) is 14.9. The molecule has 110 valence electrons. The van der Waals surface area contributed by atoms with Gasteiger partial charge in [-0.15, -0.1) is 0 Å². The molecule has 1 fully saturated rings. The van der Waals surface area contributed by atoms with Crippen LogP contribution in [-0.4, -0.2) is 36.0 Å². The number of piperazine rings is 1. The fourth-order valence-electron chi connectivity index (χ4n) is 3.01. The lowest BCUT2D eigenvalue weighted by molar-refractivity contribution is -0.131. The summed E-state index contributed by atoms with van der Waals surface area (Å²) in [6, 6.07) is 9.39. The Morgan fingerprint density at radius 1 is 1.20 bits per heavy atom. The summed E-state index contributed by atoms with van der Waals surface area (Å²) in [7, 11) is 0. The van der Waals surface area contributed by atoms with E-state index < -0.39 is 0 Å². The van der Waals surface area contributed by atoms with Crippen LogP contribution in [0, 0.1) is 0 Å². The lowest BCUT2D eigenvalue weighted by atomic mass is 10.00. The van der Waals surface area contributed by atoms with E-state index in [0.717, 1.165) is 13.1 Å². The molecule has 0 N–H and O–H groups in total. The Morgan fingerprint density at radius 2 is 1.90 bits per heavy atom. The molecule has 1 aliphatic rings. The summed E-state index contributed by atoms with van der Waals surface area (Å²) in [6.07, 6.45) is 0. The van der Waals surface area contributed by atoms with Crippen LogP contribution in [0.4, 0.5) is 5.69 Å². The first-order chi connectivity index (χ1) is 9.41. The standard InChI is InChI=1S/C17H26N2O/c1-12(2)16-7-6-8-17(11-16)19-10-9-18(15(5)20)13(3)14(19)4/h6-8,11-14H,9-10H2,1-5H3. The summed E-state index contributed by atoms with van der Waals surface area (Å²) in [6.45, 7) is 12.2. The molecule has 2 unspecified atom stereocenters. The molecule has 0 aromatic heterocycles. The molecular weight excluding hydrogens is 248 g/mol. The van der Waals surface area contributed by atoms with E-state index in [2.05, 4.69) is 56.9 Å². The van der Waals surface area contributed by atoms with Gasteiger partial charge in [0.1, 0.15) is 0 Å². The topological polar surface area (TPSA) is 23.6 Å². The second kappa shape index (κ2) is 5.86. The quantitative estimate of drug-likeness (QED) is 0.826. The summed E-state index contributed by atoms with van der Waals surface area (Å²) in [5.74, 6) is 0.723. The molecule has 0 radical (unpaired) electrons. The lowest BCUT2D eigenvalue weighted by Crippen LogP contribution is -2.58. The molecule has 1 heterocycles.